The normalized spacial score (nSPS) is 16.9. The third kappa shape index (κ3) is 1.98. The van der Waals surface area contributed by atoms with E-state index in [-0.39, 0.29) is 5.56 Å². The maximum absolute atomic E-state index is 12.0. The summed E-state index contributed by atoms with van der Waals surface area (Å²) < 4.78 is 0. The van der Waals surface area contributed by atoms with E-state index >= 15 is 0 Å². The predicted molar refractivity (Wildman–Crippen MR) is 81.7 cm³/mol. The van der Waals surface area contributed by atoms with E-state index in [2.05, 4.69) is 30.7 Å². The van der Waals surface area contributed by atoms with E-state index in [1.54, 1.807) is 12.1 Å². The van der Waals surface area contributed by atoms with Crippen LogP contribution in [0.1, 0.15) is 21.5 Å². The maximum Gasteiger partial charge on any atom is 0.291 e. The van der Waals surface area contributed by atoms with Crippen LogP contribution in [0.2, 0.25) is 0 Å². The Bertz CT molecular complexity index is 828. The molecule has 23 heavy (non-hydrogen) atoms. The van der Waals surface area contributed by atoms with Crippen molar-refractivity contribution in [1.29, 1.82) is 0 Å². The summed E-state index contributed by atoms with van der Waals surface area (Å²) in [6.45, 7) is 0. The smallest absolute Gasteiger partial charge is 0.267 e. The highest BCUT2D eigenvalue weighted by molar-refractivity contribution is 6.02. The molecule has 0 saturated heterocycles. The fraction of sp³-hybridized carbons (Fsp3) is 0.0526. The third-order valence-corrected chi connectivity index (χ3v) is 4.06. The molecular weight excluding hydrogens is 286 g/mol. The lowest BCUT2D eigenvalue weighted by atomic mass is 9.76. The topological polar surface area (TPSA) is 74.0 Å². The van der Waals surface area contributed by atoms with Gasteiger partial charge in [0.15, 0.2) is 0 Å². The Labute approximate surface area is 135 Å². The Morgan fingerprint density at radius 2 is 1.65 bits per heavy atom. The Morgan fingerprint density at radius 3 is 2.39 bits per heavy atom. The first-order chi connectivity index (χ1) is 11.1. The second kappa shape index (κ2) is 4.95. The zero-order chi connectivity index (χ0) is 16.0. The lowest BCUT2D eigenvalue weighted by Crippen LogP contribution is -2.22. The fourth-order valence-corrected chi connectivity index (χ4v) is 3.12. The number of fused-ring (bicyclic) bond motifs is 5. The van der Waals surface area contributed by atoms with Crippen LogP contribution >= 0.6 is 0 Å². The van der Waals surface area contributed by atoms with Crippen LogP contribution in [0, 0.1) is 25.7 Å². The van der Waals surface area contributed by atoms with Gasteiger partial charge in [0.25, 0.3) is 11.9 Å². The first kappa shape index (κ1) is 14.0. The number of hydrogen-bond donors (Lipinski definition) is 0. The number of carbonyl (C=O) groups is 1. The summed E-state index contributed by atoms with van der Waals surface area (Å²) in [5, 5.41) is 0. The zero-order valence-corrected chi connectivity index (χ0v) is 11.8. The van der Waals surface area contributed by atoms with Crippen molar-refractivity contribution in [2.45, 2.75) is 5.41 Å². The third-order valence-electron chi connectivity index (χ3n) is 4.06. The van der Waals surface area contributed by atoms with Crippen LogP contribution < -0.4 is 11.5 Å². The Balaban J connectivity index is 1.90. The van der Waals surface area contributed by atoms with E-state index in [0.29, 0.717) is 0 Å². The average molecular weight is 293 g/mol. The second-order valence-electron chi connectivity index (χ2n) is 5.27. The van der Waals surface area contributed by atoms with Crippen LogP contribution in [0.5, 0.6) is 0 Å². The van der Waals surface area contributed by atoms with Crippen molar-refractivity contribution in [3.8, 4) is 11.1 Å². The van der Waals surface area contributed by atoms with Crippen molar-refractivity contribution >= 4 is 11.9 Å². The Hall–Kier alpha value is -2.62. The van der Waals surface area contributed by atoms with Gasteiger partial charge in [-0.25, -0.2) is 0 Å². The lowest BCUT2D eigenvalue weighted by Gasteiger charge is -2.25. The molecule has 4 nitrogen and oxygen atoms in total. The summed E-state index contributed by atoms with van der Waals surface area (Å²) in [6, 6.07) is 13.0. The molecular formula is C19H7N3O. The molecule has 4 heteroatoms. The summed E-state index contributed by atoms with van der Waals surface area (Å²) in [6.07, 6.45) is 11.9. The molecule has 0 bridgehead atoms. The zero-order valence-electron chi connectivity index (χ0n) is 11.8. The number of nitrogens with zero attached hydrogens (tertiary/aromatic N) is 3. The molecule has 2 aliphatic carbocycles. The van der Waals surface area contributed by atoms with E-state index < -0.39 is 17.3 Å². The number of guanidine groups is 1. The number of rotatable bonds is 1. The minimum atomic E-state index is -1.26. The molecule has 0 atom stereocenters. The largest absolute Gasteiger partial charge is 0.291 e. The van der Waals surface area contributed by atoms with Gasteiger partial charge in [-0.2, -0.15) is 4.99 Å². The highest BCUT2D eigenvalue weighted by atomic mass is 16.1. The minimum Gasteiger partial charge on any atom is -0.267 e. The Morgan fingerprint density at radius 1 is 0.957 bits per heavy atom. The number of benzene rings is 2. The van der Waals surface area contributed by atoms with Crippen LogP contribution in [0.3, 0.4) is 0 Å². The molecule has 2 aromatic carbocycles. The van der Waals surface area contributed by atoms with E-state index in [4.69, 9.17) is 11.5 Å². The summed E-state index contributed by atoms with van der Waals surface area (Å²) in [5.41, 5.74) is 20.9. The number of hydrogen-bond acceptors (Lipinski definition) is 1. The molecule has 1 fully saturated rings. The number of amides is 1. The molecule has 1 amide bonds. The first-order valence-corrected chi connectivity index (χ1v) is 6.91. The van der Waals surface area contributed by atoms with E-state index in [9.17, 15) is 4.79 Å². The maximum atomic E-state index is 12.0. The van der Waals surface area contributed by atoms with Crippen molar-refractivity contribution < 1.29 is 4.79 Å². The lowest BCUT2D eigenvalue weighted by molar-refractivity contribution is 0.100. The highest BCUT2D eigenvalue weighted by Crippen LogP contribution is 2.55. The molecule has 2 aliphatic rings. The van der Waals surface area contributed by atoms with Crippen LogP contribution in [0.25, 0.3) is 11.1 Å². The SMILES string of the molecule is [N]C([N])=NC(=O)c1ccc2c(c1)C1([C][C][C][C]1)c1ccccc1-2. The molecule has 0 heterocycles. The Kier molecular flexibility index (Phi) is 3.01. The van der Waals surface area contributed by atoms with Gasteiger partial charge in [-0.05, 0) is 34.4 Å². The van der Waals surface area contributed by atoms with Gasteiger partial charge in [0.1, 0.15) is 0 Å². The van der Waals surface area contributed by atoms with Crippen molar-refractivity contribution in [3.05, 3.63) is 84.8 Å². The first-order valence-electron chi connectivity index (χ1n) is 6.91. The minimum absolute atomic E-state index is 0.257. The number of carbonyl (C=O) groups excluding carboxylic acids is 1. The molecule has 4 rings (SSSR count). The molecule has 1 spiro atoms. The van der Waals surface area contributed by atoms with Gasteiger partial charge < -0.3 is 0 Å². The van der Waals surface area contributed by atoms with Gasteiger partial charge >= 0.3 is 0 Å². The average Bonchev–Trinajstić information content (AvgIpc) is 3.13. The summed E-state index contributed by atoms with van der Waals surface area (Å²) in [7, 11) is 0. The molecule has 104 valence electrons. The van der Waals surface area contributed by atoms with E-state index in [0.717, 1.165) is 22.3 Å². The van der Waals surface area contributed by atoms with Crippen molar-refractivity contribution in [2.24, 2.45) is 4.99 Å². The monoisotopic (exact) mass is 293 g/mol. The van der Waals surface area contributed by atoms with Crippen molar-refractivity contribution in [3.63, 3.8) is 0 Å². The van der Waals surface area contributed by atoms with Gasteiger partial charge in [0.05, 0.1) is 0 Å². The van der Waals surface area contributed by atoms with Gasteiger partial charge in [0, 0.05) is 36.7 Å². The van der Waals surface area contributed by atoms with Gasteiger partial charge in [-0.3, -0.25) is 4.79 Å². The molecule has 0 N–H and O–H groups in total. The number of aliphatic imine (C=N–C) groups is 1. The standard InChI is InChI=1S/C19H7N3O/c20-18(21)22-17(23)12-7-8-14-13-5-1-2-6-15(13)19(16(14)11-12)9-3-4-10-19/h1-2,5-8,11H. The van der Waals surface area contributed by atoms with Gasteiger partial charge in [-0.15, -0.1) is 11.5 Å². The second-order valence-corrected chi connectivity index (χ2v) is 5.27. The summed E-state index contributed by atoms with van der Waals surface area (Å²) in [5.74, 6) is -1.98. The summed E-state index contributed by atoms with van der Waals surface area (Å²) in [4.78, 5) is 15.1. The van der Waals surface area contributed by atoms with Gasteiger partial charge in [0.2, 0.25) is 0 Å². The van der Waals surface area contributed by atoms with E-state index in [1.165, 1.54) is 0 Å². The molecule has 1 saturated carbocycles. The van der Waals surface area contributed by atoms with Crippen LogP contribution in [0.15, 0.2) is 47.5 Å². The highest BCUT2D eigenvalue weighted by Gasteiger charge is 2.46. The van der Waals surface area contributed by atoms with Crippen molar-refractivity contribution in [2.75, 3.05) is 0 Å². The van der Waals surface area contributed by atoms with Gasteiger partial charge in [-0.1, -0.05) is 30.3 Å². The summed E-state index contributed by atoms with van der Waals surface area (Å²) >= 11 is 0. The predicted octanol–water partition coefficient (Wildman–Crippen LogP) is 1.93. The molecule has 0 aliphatic heterocycles. The quantitative estimate of drug-likeness (QED) is 0.584. The van der Waals surface area contributed by atoms with Crippen LogP contribution in [0.4, 0.5) is 0 Å². The van der Waals surface area contributed by atoms with Crippen LogP contribution in [-0.2, 0) is 5.41 Å². The molecule has 0 aromatic heterocycles. The molecule has 0 unspecified atom stereocenters. The van der Waals surface area contributed by atoms with E-state index in [1.807, 2.05) is 30.3 Å². The van der Waals surface area contributed by atoms with Crippen molar-refractivity contribution in [1.82, 2.24) is 11.5 Å². The molecule has 2 aromatic rings. The fourth-order valence-electron chi connectivity index (χ4n) is 3.12. The molecule has 12 radical (unpaired) electrons. The van der Waals surface area contributed by atoms with Crippen LogP contribution in [-0.4, -0.2) is 11.9 Å².